The molecule has 44 heavy (non-hydrogen) atoms. The molecule has 2 atom stereocenters. The van der Waals surface area contributed by atoms with E-state index in [1.165, 1.54) is 19.3 Å². The Morgan fingerprint density at radius 1 is 0.909 bits per heavy atom. The van der Waals surface area contributed by atoms with E-state index in [0.717, 1.165) is 37.0 Å². The number of fused-ring (bicyclic) bond motifs is 2. The molecule has 0 aliphatic carbocycles. The normalized spacial score (nSPS) is 19.4. The van der Waals surface area contributed by atoms with Crippen LogP contribution in [0, 0.1) is 0 Å². The third-order valence-corrected chi connectivity index (χ3v) is 8.87. The highest BCUT2D eigenvalue weighted by Gasteiger charge is 2.48. The predicted octanol–water partition coefficient (Wildman–Crippen LogP) is 7.54. The molecule has 2 bridgehead atoms. The fraction of sp³-hybridized carbons (Fsp3) is 0.429. The highest BCUT2D eigenvalue weighted by molar-refractivity contribution is 6.04. The van der Waals surface area contributed by atoms with Crippen molar-refractivity contribution in [3.63, 3.8) is 0 Å². The van der Waals surface area contributed by atoms with Gasteiger partial charge in [-0.3, -0.25) is 9.69 Å². The molecule has 5 rings (SSSR count). The highest BCUT2D eigenvalue weighted by Crippen LogP contribution is 2.44. The van der Waals surface area contributed by atoms with Gasteiger partial charge in [-0.15, -0.1) is 0 Å². The van der Waals surface area contributed by atoms with Crippen LogP contribution in [0.15, 0.2) is 66.7 Å². The molecule has 3 N–H and O–H groups in total. The number of anilines is 2. The minimum atomic E-state index is -0.239. The zero-order valence-corrected chi connectivity index (χ0v) is 26.2. The van der Waals surface area contributed by atoms with E-state index >= 15 is 0 Å². The first-order valence-electron chi connectivity index (χ1n) is 15.6. The van der Waals surface area contributed by atoms with Crippen LogP contribution in [0.4, 0.5) is 16.2 Å². The molecule has 3 amide bonds. The summed E-state index contributed by atoms with van der Waals surface area (Å²) >= 11 is 0. The van der Waals surface area contributed by atoms with Crippen LogP contribution in [0.1, 0.15) is 74.7 Å². The van der Waals surface area contributed by atoms with E-state index in [-0.39, 0.29) is 23.7 Å². The Balaban J connectivity index is 1.17. The fourth-order valence-electron chi connectivity index (χ4n) is 6.22. The van der Waals surface area contributed by atoms with Gasteiger partial charge in [-0.1, -0.05) is 13.8 Å². The Bertz CT molecular complexity index is 1420. The number of amides is 3. The molecular formula is C35H44N4O5. The largest absolute Gasteiger partial charge is 0.473 e. The van der Waals surface area contributed by atoms with Crippen molar-refractivity contribution >= 4 is 23.3 Å². The van der Waals surface area contributed by atoms with Crippen molar-refractivity contribution in [1.82, 2.24) is 10.2 Å². The SMILES string of the molecule is CCC(CC)NC(=O)Nc1ccc(Oc2ccc(NC(=O)c3ccc(OC45CCCC(CC4)N5C)cc3)cc2)c(COC)c1. The van der Waals surface area contributed by atoms with Crippen molar-refractivity contribution in [2.24, 2.45) is 0 Å². The number of ether oxygens (including phenoxy) is 3. The van der Waals surface area contributed by atoms with Gasteiger partial charge in [0.15, 0.2) is 5.72 Å². The molecule has 2 unspecified atom stereocenters. The second-order valence-corrected chi connectivity index (χ2v) is 11.7. The summed E-state index contributed by atoms with van der Waals surface area (Å²) in [6, 6.07) is 20.5. The molecule has 2 fully saturated rings. The van der Waals surface area contributed by atoms with Gasteiger partial charge in [-0.25, -0.2) is 4.79 Å². The van der Waals surface area contributed by atoms with Crippen LogP contribution in [0.5, 0.6) is 17.2 Å². The Hall–Kier alpha value is -4.08. The summed E-state index contributed by atoms with van der Waals surface area (Å²) in [5, 5.41) is 8.81. The number of rotatable bonds is 12. The summed E-state index contributed by atoms with van der Waals surface area (Å²) in [5.74, 6) is 1.82. The second kappa shape index (κ2) is 14.1. The average molecular weight is 601 g/mol. The van der Waals surface area contributed by atoms with E-state index in [0.29, 0.717) is 41.1 Å². The van der Waals surface area contributed by atoms with E-state index in [1.807, 2.05) is 32.0 Å². The molecule has 0 spiro atoms. The molecule has 2 heterocycles. The average Bonchev–Trinajstić information content (AvgIpc) is 3.18. The Morgan fingerprint density at radius 3 is 2.32 bits per heavy atom. The lowest BCUT2D eigenvalue weighted by atomic mass is 10.0. The van der Waals surface area contributed by atoms with E-state index in [9.17, 15) is 9.59 Å². The van der Waals surface area contributed by atoms with Crippen LogP contribution in [-0.4, -0.2) is 48.8 Å². The highest BCUT2D eigenvalue weighted by atomic mass is 16.5. The minimum Gasteiger partial charge on any atom is -0.473 e. The molecule has 9 nitrogen and oxygen atoms in total. The van der Waals surface area contributed by atoms with Crippen LogP contribution in [0.25, 0.3) is 0 Å². The topological polar surface area (TPSA) is 101 Å². The molecule has 2 saturated heterocycles. The van der Waals surface area contributed by atoms with Gasteiger partial charge in [0, 0.05) is 54.5 Å². The number of benzene rings is 3. The molecule has 0 saturated carbocycles. The van der Waals surface area contributed by atoms with Crippen molar-refractivity contribution in [3.05, 3.63) is 77.9 Å². The first kappa shape index (κ1) is 31.3. The first-order chi connectivity index (χ1) is 21.3. The molecule has 0 aromatic heterocycles. The minimum absolute atomic E-state index is 0.132. The van der Waals surface area contributed by atoms with Crippen molar-refractivity contribution in [1.29, 1.82) is 0 Å². The lowest BCUT2D eigenvalue weighted by molar-refractivity contribution is -0.0823. The van der Waals surface area contributed by atoms with Gasteiger partial charge in [-0.05, 0) is 106 Å². The maximum absolute atomic E-state index is 12.9. The van der Waals surface area contributed by atoms with Crippen LogP contribution in [-0.2, 0) is 11.3 Å². The Labute approximate surface area is 260 Å². The monoisotopic (exact) mass is 600 g/mol. The van der Waals surface area contributed by atoms with E-state index in [1.54, 1.807) is 55.6 Å². The van der Waals surface area contributed by atoms with Crippen molar-refractivity contribution in [2.75, 3.05) is 24.8 Å². The van der Waals surface area contributed by atoms with Crippen molar-refractivity contribution in [2.45, 2.75) is 83.2 Å². The van der Waals surface area contributed by atoms with E-state index in [4.69, 9.17) is 14.2 Å². The van der Waals surface area contributed by atoms with Crippen LogP contribution < -0.4 is 25.4 Å². The number of carbonyl (C=O) groups excluding carboxylic acids is 2. The second-order valence-electron chi connectivity index (χ2n) is 11.7. The lowest BCUT2D eigenvalue weighted by Crippen LogP contribution is -2.51. The van der Waals surface area contributed by atoms with Crippen LogP contribution in [0.3, 0.4) is 0 Å². The third kappa shape index (κ3) is 7.34. The zero-order valence-electron chi connectivity index (χ0n) is 26.2. The third-order valence-electron chi connectivity index (χ3n) is 8.87. The molecular weight excluding hydrogens is 556 g/mol. The summed E-state index contributed by atoms with van der Waals surface area (Å²) in [6.07, 6.45) is 7.44. The van der Waals surface area contributed by atoms with Crippen LogP contribution >= 0.6 is 0 Å². The van der Waals surface area contributed by atoms with Crippen molar-refractivity contribution < 1.29 is 23.8 Å². The van der Waals surface area contributed by atoms with Gasteiger partial charge in [-0.2, -0.15) is 0 Å². The maximum Gasteiger partial charge on any atom is 0.319 e. The number of nitrogens with zero attached hydrogens (tertiary/aromatic N) is 1. The van der Waals surface area contributed by atoms with E-state index < -0.39 is 0 Å². The molecule has 2 aliphatic rings. The number of piperidine rings is 1. The number of hydrogen-bond acceptors (Lipinski definition) is 6. The Morgan fingerprint density at radius 2 is 1.61 bits per heavy atom. The quantitative estimate of drug-likeness (QED) is 0.199. The van der Waals surface area contributed by atoms with Gasteiger partial charge in [0.05, 0.1) is 6.61 Å². The predicted molar refractivity (Wildman–Crippen MR) is 173 cm³/mol. The van der Waals surface area contributed by atoms with Gasteiger partial charge in [0.2, 0.25) is 0 Å². The molecule has 3 aromatic carbocycles. The number of carbonyl (C=O) groups is 2. The summed E-state index contributed by atoms with van der Waals surface area (Å²) in [7, 11) is 3.78. The maximum atomic E-state index is 12.9. The zero-order chi connectivity index (χ0) is 31.1. The smallest absolute Gasteiger partial charge is 0.319 e. The molecule has 3 aromatic rings. The van der Waals surface area contributed by atoms with Gasteiger partial charge in [0.1, 0.15) is 17.2 Å². The summed E-state index contributed by atoms with van der Waals surface area (Å²) in [4.78, 5) is 27.7. The molecule has 2 aliphatic heterocycles. The summed E-state index contributed by atoms with van der Waals surface area (Å²) < 4.78 is 18.0. The van der Waals surface area contributed by atoms with E-state index in [2.05, 4.69) is 27.9 Å². The molecule has 9 heteroatoms. The van der Waals surface area contributed by atoms with Crippen LogP contribution in [0.2, 0.25) is 0 Å². The lowest BCUT2D eigenvalue weighted by Gasteiger charge is -2.42. The number of hydrogen-bond donors (Lipinski definition) is 3. The number of urea groups is 1. The summed E-state index contributed by atoms with van der Waals surface area (Å²) in [6.45, 7) is 4.41. The summed E-state index contributed by atoms with van der Waals surface area (Å²) in [5.41, 5.74) is 2.44. The van der Waals surface area contributed by atoms with Gasteiger partial charge in [0.25, 0.3) is 5.91 Å². The van der Waals surface area contributed by atoms with Gasteiger partial charge >= 0.3 is 6.03 Å². The molecule has 234 valence electrons. The Kier molecular flexibility index (Phi) is 10.1. The number of nitrogens with one attached hydrogen (secondary N) is 3. The number of methoxy groups -OCH3 is 1. The fourth-order valence-corrected chi connectivity index (χ4v) is 6.22. The van der Waals surface area contributed by atoms with Crippen molar-refractivity contribution in [3.8, 4) is 17.2 Å². The first-order valence-corrected chi connectivity index (χ1v) is 15.6. The standard InChI is InChI=1S/C35H44N4O5/c1-5-26(6-2)37-34(41)38-28-13-18-32(25(22-28)23-42-4)43-30-16-11-27(12-17-30)36-33(40)24-9-14-31(15-10-24)44-35-20-7-8-29(19-21-35)39(35)3/h9-18,22,26,29H,5-8,19-21,23H2,1-4H3,(H,36,40)(H2,37,38,41). The van der Waals surface area contributed by atoms with Gasteiger partial charge < -0.3 is 30.2 Å². The molecule has 0 radical (unpaired) electrons.